The lowest BCUT2D eigenvalue weighted by molar-refractivity contribution is 0.768. The average molecular weight is 889 g/mol. The molecule has 1 aliphatic carbocycles. The van der Waals surface area contributed by atoms with Gasteiger partial charge in [-0.05, 0) is 134 Å². The Morgan fingerprint density at radius 3 is 1.16 bits per heavy atom. The minimum Gasteiger partial charge on any atom is -0.0619 e. The monoisotopic (exact) mass is 888 g/mol. The molecule has 13 rings (SSSR count). The molecule has 0 spiro atoms. The maximum absolute atomic E-state index is 2.36. The van der Waals surface area contributed by atoms with Gasteiger partial charge in [0.15, 0.2) is 0 Å². The molecular formula is C70H48. The smallest absolute Gasteiger partial charge is 0.0619 e. The quantitative estimate of drug-likeness (QED) is 0.105. The molecule has 1 aliphatic rings. The van der Waals surface area contributed by atoms with Crippen molar-refractivity contribution in [2.75, 3.05) is 0 Å². The zero-order valence-corrected chi connectivity index (χ0v) is 39.0. The van der Waals surface area contributed by atoms with E-state index in [0.29, 0.717) is 0 Å². The van der Waals surface area contributed by atoms with Crippen LogP contribution in [0.3, 0.4) is 0 Å². The summed E-state index contributed by atoms with van der Waals surface area (Å²) in [5.41, 5.74) is 20.9. The van der Waals surface area contributed by atoms with Gasteiger partial charge in [0.25, 0.3) is 0 Å². The minimum absolute atomic E-state index is 0.412. The third-order valence-corrected chi connectivity index (χ3v) is 14.9. The van der Waals surface area contributed by atoms with Gasteiger partial charge < -0.3 is 0 Å². The van der Waals surface area contributed by atoms with Gasteiger partial charge in [-0.3, -0.25) is 0 Å². The lowest BCUT2D eigenvalue weighted by atomic mass is 9.67. The summed E-state index contributed by atoms with van der Waals surface area (Å²) in [5.74, 6) is 0. The van der Waals surface area contributed by atoms with E-state index in [9.17, 15) is 0 Å². The van der Waals surface area contributed by atoms with Crippen LogP contribution >= 0.6 is 0 Å². The number of benzene rings is 12. The van der Waals surface area contributed by atoms with Crippen LogP contribution in [0.5, 0.6) is 0 Å². The van der Waals surface area contributed by atoms with Crippen LogP contribution in [0.1, 0.15) is 38.9 Å². The Kier molecular flexibility index (Phi) is 10.1. The normalized spacial score (nSPS) is 12.7. The van der Waals surface area contributed by atoms with Crippen LogP contribution in [0.2, 0.25) is 0 Å². The van der Waals surface area contributed by atoms with Crippen LogP contribution < -0.4 is 0 Å². The zero-order chi connectivity index (χ0) is 46.6. The van der Waals surface area contributed by atoms with Crippen LogP contribution in [-0.2, 0) is 5.41 Å². The maximum atomic E-state index is 2.36. The van der Waals surface area contributed by atoms with Crippen molar-refractivity contribution in [2.24, 2.45) is 0 Å². The summed E-state index contributed by atoms with van der Waals surface area (Å²) < 4.78 is 0. The van der Waals surface area contributed by atoms with Crippen molar-refractivity contribution >= 4 is 44.5 Å². The van der Waals surface area contributed by atoms with Gasteiger partial charge in [0.2, 0.25) is 0 Å². The number of hydrogen-bond acceptors (Lipinski definition) is 0. The molecule has 12 aromatic carbocycles. The highest BCUT2D eigenvalue weighted by Gasteiger charge is 2.45. The van der Waals surface area contributed by atoms with Crippen LogP contribution in [0.25, 0.3) is 100 Å². The van der Waals surface area contributed by atoms with Crippen molar-refractivity contribution in [3.8, 4) is 55.6 Å². The first-order valence-electron chi connectivity index (χ1n) is 24.4. The molecular weight excluding hydrogens is 841 g/mol. The summed E-state index contributed by atoms with van der Waals surface area (Å²) in [6.07, 6.45) is 4.41. The third kappa shape index (κ3) is 6.91. The molecule has 0 fully saturated rings. The molecule has 328 valence electrons. The van der Waals surface area contributed by atoms with E-state index in [2.05, 4.69) is 280 Å². The molecule has 0 amide bonds. The zero-order valence-electron chi connectivity index (χ0n) is 39.0. The third-order valence-electron chi connectivity index (χ3n) is 14.9. The highest BCUT2D eigenvalue weighted by atomic mass is 14.5. The first-order valence-corrected chi connectivity index (χ1v) is 24.4. The van der Waals surface area contributed by atoms with E-state index in [1.165, 1.54) is 127 Å². The Bertz CT molecular complexity index is 3840. The van der Waals surface area contributed by atoms with E-state index in [4.69, 9.17) is 0 Å². The SMILES string of the molecule is Cc1ccc(C2(c3ccc(-c4ccc(-c5c6ccccc6c(-c6ccc(/C=C/c7ccc(-c8ccc9ccccc9c8)cc7)cc6)c6ccccc56)cc4)cc3)c3ccccc3-c3ccccc32)cc1. The van der Waals surface area contributed by atoms with Crippen molar-refractivity contribution in [1.29, 1.82) is 0 Å². The van der Waals surface area contributed by atoms with Gasteiger partial charge in [-0.15, -0.1) is 0 Å². The fourth-order valence-corrected chi connectivity index (χ4v) is 11.4. The van der Waals surface area contributed by atoms with Crippen LogP contribution in [0, 0.1) is 6.92 Å². The molecule has 0 aliphatic heterocycles. The lowest BCUT2D eigenvalue weighted by Crippen LogP contribution is -2.28. The summed E-state index contributed by atoms with van der Waals surface area (Å²) in [6, 6.07) is 96.6. The van der Waals surface area contributed by atoms with Gasteiger partial charge in [0.05, 0.1) is 5.41 Å². The van der Waals surface area contributed by atoms with E-state index in [1.807, 2.05) is 0 Å². The molecule has 0 radical (unpaired) electrons. The standard InChI is InChI=1S/C70H48/c1-47-22-42-58(43-23-47)70(66-20-10-8-14-60(66)61-15-9-11-21-67(61)70)59-44-40-52(41-45-59)51-34-37-55(38-35-51)69-64-18-6-4-16-62(64)68(63-17-5-7-19-65(63)69)54-32-28-49(29-33-54)25-24-48-26-30-53(31-27-48)57-39-36-50-12-2-3-13-56(50)46-57/h2-46H,1H3/b25-24+. The Labute approximate surface area is 410 Å². The Balaban J connectivity index is 0.808. The summed E-state index contributed by atoms with van der Waals surface area (Å²) in [7, 11) is 0. The van der Waals surface area contributed by atoms with Gasteiger partial charge in [-0.25, -0.2) is 0 Å². The van der Waals surface area contributed by atoms with Crippen LogP contribution in [-0.4, -0.2) is 0 Å². The summed E-state index contributed by atoms with van der Waals surface area (Å²) >= 11 is 0. The first kappa shape index (κ1) is 41.4. The second-order valence-electron chi connectivity index (χ2n) is 18.8. The summed E-state index contributed by atoms with van der Waals surface area (Å²) in [5, 5.41) is 7.54. The molecule has 70 heavy (non-hydrogen) atoms. The fraction of sp³-hybridized carbons (Fsp3) is 0.0286. The molecule has 0 nitrogen and oxygen atoms in total. The van der Waals surface area contributed by atoms with E-state index in [1.54, 1.807) is 0 Å². The molecule has 0 heterocycles. The number of rotatable bonds is 8. The summed E-state index contributed by atoms with van der Waals surface area (Å²) in [6.45, 7) is 2.17. The topological polar surface area (TPSA) is 0 Å². The second kappa shape index (κ2) is 17.0. The van der Waals surface area contributed by atoms with E-state index >= 15 is 0 Å². The minimum atomic E-state index is -0.412. The Hall–Kier alpha value is -8.84. The van der Waals surface area contributed by atoms with Crippen molar-refractivity contribution in [3.63, 3.8) is 0 Å². The van der Waals surface area contributed by atoms with Crippen molar-refractivity contribution in [1.82, 2.24) is 0 Å². The molecule has 12 aromatic rings. The number of hydrogen-bond donors (Lipinski definition) is 0. The largest absolute Gasteiger partial charge is 0.0713 e. The highest BCUT2D eigenvalue weighted by Crippen LogP contribution is 2.56. The molecule has 0 unspecified atom stereocenters. The van der Waals surface area contributed by atoms with Crippen molar-refractivity contribution in [3.05, 3.63) is 300 Å². The van der Waals surface area contributed by atoms with E-state index in [0.717, 1.165) is 0 Å². The van der Waals surface area contributed by atoms with Gasteiger partial charge >= 0.3 is 0 Å². The van der Waals surface area contributed by atoms with Crippen LogP contribution in [0.15, 0.2) is 261 Å². The molecule has 0 saturated heterocycles. The second-order valence-corrected chi connectivity index (χ2v) is 18.8. The molecule has 0 atom stereocenters. The van der Waals surface area contributed by atoms with Crippen molar-refractivity contribution < 1.29 is 0 Å². The highest BCUT2D eigenvalue weighted by molar-refractivity contribution is 6.21. The average Bonchev–Trinajstić information content (AvgIpc) is 3.73. The Morgan fingerprint density at radius 1 is 0.286 bits per heavy atom. The van der Waals surface area contributed by atoms with Gasteiger partial charge in [-0.2, -0.15) is 0 Å². The Morgan fingerprint density at radius 2 is 0.643 bits per heavy atom. The van der Waals surface area contributed by atoms with E-state index in [-0.39, 0.29) is 0 Å². The number of fused-ring (bicyclic) bond motifs is 6. The predicted molar refractivity (Wildman–Crippen MR) is 298 cm³/mol. The van der Waals surface area contributed by atoms with Gasteiger partial charge in [0, 0.05) is 0 Å². The van der Waals surface area contributed by atoms with Gasteiger partial charge in [0.1, 0.15) is 0 Å². The lowest BCUT2D eigenvalue weighted by Gasteiger charge is -2.34. The van der Waals surface area contributed by atoms with Gasteiger partial charge in [-0.1, -0.05) is 273 Å². The first-order chi connectivity index (χ1) is 34.6. The predicted octanol–water partition coefficient (Wildman–Crippen LogP) is 18.7. The van der Waals surface area contributed by atoms with E-state index < -0.39 is 5.41 Å². The molecule has 0 heteroatoms. The molecule has 0 N–H and O–H groups in total. The van der Waals surface area contributed by atoms with Crippen LogP contribution in [0.4, 0.5) is 0 Å². The fourth-order valence-electron chi connectivity index (χ4n) is 11.4. The summed E-state index contributed by atoms with van der Waals surface area (Å²) in [4.78, 5) is 0. The van der Waals surface area contributed by atoms with Crippen molar-refractivity contribution in [2.45, 2.75) is 12.3 Å². The maximum Gasteiger partial charge on any atom is 0.0713 e. The molecule has 0 saturated carbocycles. The number of aryl methyl sites for hydroxylation is 1. The molecule has 0 aromatic heterocycles. The molecule has 0 bridgehead atoms.